The first-order chi connectivity index (χ1) is 11.3. The summed E-state index contributed by atoms with van der Waals surface area (Å²) in [7, 11) is 0. The van der Waals surface area contributed by atoms with E-state index in [2.05, 4.69) is 33.8 Å². The van der Waals surface area contributed by atoms with E-state index in [1.807, 2.05) is 31.2 Å². The zero-order valence-corrected chi connectivity index (χ0v) is 14.9. The number of anilines is 1. The molecule has 0 radical (unpaired) electrons. The van der Waals surface area contributed by atoms with Crippen LogP contribution in [0, 0.1) is 6.92 Å². The lowest BCUT2D eigenvalue weighted by Gasteiger charge is -2.19. The number of aryl methyl sites for hydroxylation is 1. The van der Waals surface area contributed by atoms with E-state index in [0.717, 1.165) is 16.7 Å². The molecule has 0 unspecified atom stereocenters. The number of rotatable bonds is 3. The van der Waals surface area contributed by atoms with Gasteiger partial charge in [0.05, 0.1) is 16.8 Å². The van der Waals surface area contributed by atoms with Crippen molar-refractivity contribution in [3.05, 3.63) is 64.2 Å². The van der Waals surface area contributed by atoms with E-state index in [1.165, 1.54) is 4.90 Å². The van der Waals surface area contributed by atoms with Gasteiger partial charge in [-0.2, -0.15) is 0 Å². The van der Waals surface area contributed by atoms with Crippen LogP contribution in [0.5, 0.6) is 0 Å². The summed E-state index contributed by atoms with van der Waals surface area (Å²) in [4.78, 5) is 27.1. The van der Waals surface area contributed by atoms with Gasteiger partial charge in [0.2, 0.25) is 0 Å². The summed E-state index contributed by atoms with van der Waals surface area (Å²) in [6, 6.07) is 11.6. The van der Waals surface area contributed by atoms with Gasteiger partial charge in [0, 0.05) is 0 Å². The number of hydrogen-bond acceptors (Lipinski definition) is 2. The molecule has 0 fully saturated rings. The van der Waals surface area contributed by atoms with Gasteiger partial charge in [-0.1, -0.05) is 45.9 Å². The highest BCUT2D eigenvalue weighted by Gasteiger charge is 2.37. The van der Waals surface area contributed by atoms with E-state index < -0.39 is 0 Å². The lowest BCUT2D eigenvalue weighted by Crippen LogP contribution is -2.30. The summed E-state index contributed by atoms with van der Waals surface area (Å²) in [5, 5.41) is 0. The number of carbonyl (C=O) groups is 2. The van der Waals surface area contributed by atoms with Gasteiger partial charge in [-0.05, 0) is 53.6 Å². The van der Waals surface area contributed by atoms with E-state index in [0.29, 0.717) is 28.7 Å². The van der Waals surface area contributed by atoms with E-state index in [-0.39, 0.29) is 11.8 Å². The number of nitrogens with zero attached hydrogens (tertiary/aromatic N) is 1. The van der Waals surface area contributed by atoms with Gasteiger partial charge in [0.1, 0.15) is 0 Å². The first kappa shape index (κ1) is 16.4. The van der Waals surface area contributed by atoms with Gasteiger partial charge in [0.15, 0.2) is 0 Å². The van der Waals surface area contributed by atoms with Crippen LogP contribution >= 0.6 is 0 Å². The first-order valence-corrected chi connectivity index (χ1v) is 8.44. The molecule has 1 heterocycles. The van der Waals surface area contributed by atoms with Crippen LogP contribution in [-0.4, -0.2) is 11.8 Å². The summed E-state index contributed by atoms with van der Waals surface area (Å²) in [6.07, 6.45) is 0. The van der Waals surface area contributed by atoms with Crippen molar-refractivity contribution in [3.63, 3.8) is 0 Å². The van der Waals surface area contributed by atoms with Gasteiger partial charge < -0.3 is 0 Å². The molecule has 24 heavy (non-hydrogen) atoms. The normalized spacial score (nSPS) is 14.0. The predicted molar refractivity (Wildman–Crippen MR) is 96.9 cm³/mol. The third-order valence-electron chi connectivity index (χ3n) is 4.72. The number of hydrogen-bond donors (Lipinski definition) is 0. The van der Waals surface area contributed by atoms with Crippen molar-refractivity contribution >= 4 is 17.5 Å². The number of carbonyl (C=O) groups excluding carboxylic acids is 2. The van der Waals surface area contributed by atoms with E-state index in [4.69, 9.17) is 0 Å². The fraction of sp³-hybridized carbons (Fsp3) is 0.333. The third-order valence-corrected chi connectivity index (χ3v) is 4.72. The van der Waals surface area contributed by atoms with Crippen LogP contribution in [0.15, 0.2) is 36.4 Å². The molecule has 2 amide bonds. The van der Waals surface area contributed by atoms with Crippen molar-refractivity contribution in [1.29, 1.82) is 0 Å². The number of benzene rings is 2. The van der Waals surface area contributed by atoms with Crippen LogP contribution in [0.25, 0.3) is 0 Å². The fourth-order valence-electron chi connectivity index (χ4n) is 3.06. The second-order valence-electron chi connectivity index (χ2n) is 7.11. The van der Waals surface area contributed by atoms with Crippen molar-refractivity contribution in [3.8, 4) is 0 Å². The Balaban J connectivity index is 2.10. The molecule has 0 aromatic heterocycles. The van der Waals surface area contributed by atoms with Crippen LogP contribution in [-0.2, 0) is 0 Å². The molecule has 0 atom stereocenters. The third kappa shape index (κ3) is 2.54. The summed E-state index contributed by atoms with van der Waals surface area (Å²) < 4.78 is 0. The molecule has 0 N–H and O–H groups in total. The molecular weight excluding hydrogens is 298 g/mol. The van der Waals surface area contributed by atoms with E-state index in [9.17, 15) is 9.59 Å². The molecular formula is C21H23NO2. The average molecular weight is 321 g/mol. The van der Waals surface area contributed by atoms with Crippen LogP contribution in [0.2, 0.25) is 0 Å². The zero-order chi connectivity index (χ0) is 17.6. The summed E-state index contributed by atoms with van der Waals surface area (Å²) in [5.74, 6) is 0.209. The predicted octanol–water partition coefficient (Wildman–Crippen LogP) is 5.04. The highest BCUT2D eigenvalue weighted by Crippen LogP contribution is 2.33. The molecule has 0 saturated heterocycles. The smallest absolute Gasteiger partial charge is 0.266 e. The highest BCUT2D eigenvalue weighted by molar-refractivity contribution is 6.34. The van der Waals surface area contributed by atoms with Crippen LogP contribution in [0.1, 0.15) is 76.9 Å². The molecule has 2 aromatic carbocycles. The minimum Gasteiger partial charge on any atom is -0.268 e. The van der Waals surface area contributed by atoms with Gasteiger partial charge in [-0.25, -0.2) is 4.90 Å². The maximum Gasteiger partial charge on any atom is 0.266 e. The van der Waals surface area contributed by atoms with E-state index >= 15 is 0 Å². The van der Waals surface area contributed by atoms with Gasteiger partial charge in [-0.3, -0.25) is 9.59 Å². The second-order valence-corrected chi connectivity index (χ2v) is 7.11. The largest absolute Gasteiger partial charge is 0.268 e. The molecule has 0 spiro atoms. The monoisotopic (exact) mass is 321 g/mol. The zero-order valence-electron chi connectivity index (χ0n) is 14.9. The van der Waals surface area contributed by atoms with E-state index in [1.54, 1.807) is 6.07 Å². The minimum atomic E-state index is -0.227. The Morgan fingerprint density at radius 3 is 1.92 bits per heavy atom. The topological polar surface area (TPSA) is 37.4 Å². The maximum atomic E-state index is 12.9. The summed E-state index contributed by atoms with van der Waals surface area (Å²) in [6.45, 7) is 10.3. The Kier molecular flexibility index (Phi) is 4.04. The molecule has 3 heteroatoms. The molecule has 124 valence electrons. The quantitative estimate of drug-likeness (QED) is 0.742. The molecule has 1 aliphatic rings. The molecule has 2 aromatic rings. The number of imide groups is 1. The Hall–Kier alpha value is -2.42. The van der Waals surface area contributed by atoms with Crippen LogP contribution in [0.3, 0.4) is 0 Å². The maximum absolute atomic E-state index is 12.9. The first-order valence-electron chi connectivity index (χ1n) is 8.44. The van der Waals surface area contributed by atoms with Gasteiger partial charge >= 0.3 is 0 Å². The fourth-order valence-corrected chi connectivity index (χ4v) is 3.06. The molecule has 0 saturated carbocycles. The Bertz CT molecular complexity index is 834. The van der Waals surface area contributed by atoms with Crippen molar-refractivity contribution in [2.45, 2.75) is 46.5 Å². The van der Waals surface area contributed by atoms with Crippen molar-refractivity contribution < 1.29 is 9.59 Å². The van der Waals surface area contributed by atoms with Gasteiger partial charge in [-0.15, -0.1) is 0 Å². The molecule has 0 bridgehead atoms. The minimum absolute atomic E-state index is 0.221. The second kappa shape index (κ2) is 5.90. The molecule has 3 rings (SSSR count). The summed E-state index contributed by atoms with van der Waals surface area (Å²) >= 11 is 0. The number of amides is 2. The molecule has 1 aliphatic heterocycles. The summed E-state index contributed by atoms with van der Waals surface area (Å²) in [5.41, 5.74) is 4.83. The Labute approximate surface area is 143 Å². The van der Waals surface area contributed by atoms with Crippen LogP contribution < -0.4 is 4.90 Å². The number of fused-ring (bicyclic) bond motifs is 1. The van der Waals surface area contributed by atoms with Crippen LogP contribution in [0.4, 0.5) is 5.69 Å². The van der Waals surface area contributed by atoms with Crippen molar-refractivity contribution in [2.75, 3.05) is 4.90 Å². The Morgan fingerprint density at radius 1 is 0.750 bits per heavy atom. The lowest BCUT2D eigenvalue weighted by molar-refractivity contribution is 0.0926. The SMILES string of the molecule is Cc1ccc(C(C)C)cc1N1C(=O)c2ccc(C(C)C)cc2C1=O. The van der Waals surface area contributed by atoms with Crippen molar-refractivity contribution in [1.82, 2.24) is 0 Å². The molecule has 3 nitrogen and oxygen atoms in total. The van der Waals surface area contributed by atoms with Crippen molar-refractivity contribution in [2.24, 2.45) is 0 Å². The van der Waals surface area contributed by atoms with Gasteiger partial charge in [0.25, 0.3) is 11.8 Å². The lowest BCUT2D eigenvalue weighted by atomic mass is 9.98. The Morgan fingerprint density at radius 2 is 1.29 bits per heavy atom. The molecule has 0 aliphatic carbocycles. The highest BCUT2D eigenvalue weighted by atomic mass is 16.2. The average Bonchev–Trinajstić information content (AvgIpc) is 2.79. The standard InChI is InChI=1S/C21H23NO2/c1-12(2)15-8-9-17-18(10-15)21(24)22(20(17)23)19-11-16(13(3)4)7-6-14(19)5/h6-13H,1-5H3.